The average molecular weight is 207 g/mol. The summed E-state index contributed by atoms with van der Waals surface area (Å²) in [5, 5.41) is 18.7. The molecule has 0 unspecified atom stereocenters. The highest BCUT2D eigenvalue weighted by Gasteiger charge is 2.08. The van der Waals surface area contributed by atoms with E-state index < -0.39 is 0 Å². The number of aliphatic hydroxyl groups excluding tert-OH is 1. The molecule has 1 rings (SSSR count). The first-order valence-electron chi connectivity index (χ1n) is 4.53. The number of ketones is 1. The molecule has 15 heavy (non-hydrogen) atoms. The van der Waals surface area contributed by atoms with E-state index in [1.807, 2.05) is 0 Å². The van der Waals surface area contributed by atoms with Gasteiger partial charge in [-0.05, 0) is 26.0 Å². The molecule has 80 valence electrons. The number of aromatic nitrogens is 1. The van der Waals surface area contributed by atoms with Crippen LogP contribution in [0.1, 0.15) is 23.7 Å². The molecular formula is C11H13NO3. The van der Waals surface area contributed by atoms with Gasteiger partial charge in [0.1, 0.15) is 5.75 Å². The van der Waals surface area contributed by atoms with Crippen molar-refractivity contribution in [1.29, 1.82) is 0 Å². The predicted octanol–water partition coefficient (Wildman–Crippen LogP) is 1.19. The molecule has 0 atom stereocenters. The van der Waals surface area contributed by atoms with E-state index in [0.717, 1.165) is 0 Å². The van der Waals surface area contributed by atoms with Crippen molar-refractivity contribution in [2.75, 3.05) is 0 Å². The van der Waals surface area contributed by atoms with Crippen molar-refractivity contribution in [3.05, 3.63) is 29.1 Å². The maximum Gasteiger partial charge on any atom is 0.152 e. The van der Waals surface area contributed by atoms with Crippen molar-refractivity contribution < 1.29 is 15.0 Å². The molecule has 0 aliphatic carbocycles. The van der Waals surface area contributed by atoms with Crippen LogP contribution < -0.4 is 0 Å². The molecule has 0 bridgehead atoms. The highest BCUT2D eigenvalue weighted by molar-refractivity contribution is 5.91. The number of aromatic hydroxyl groups is 1. The minimum absolute atomic E-state index is 0.0248. The van der Waals surface area contributed by atoms with E-state index in [4.69, 9.17) is 5.11 Å². The molecule has 4 nitrogen and oxygen atoms in total. The standard InChI is InChI=1S/C11H13NO3/c1-7(14)3-4-9-5-12-8(2)11(15)10(9)6-13/h3-5,13,15H,6H2,1-2H3/b4-3+. The largest absolute Gasteiger partial charge is 0.506 e. The van der Waals surface area contributed by atoms with Gasteiger partial charge in [-0.2, -0.15) is 0 Å². The fraction of sp³-hybridized carbons (Fsp3) is 0.273. The van der Waals surface area contributed by atoms with Gasteiger partial charge in [0.25, 0.3) is 0 Å². The van der Waals surface area contributed by atoms with Crippen molar-refractivity contribution in [3.8, 4) is 5.75 Å². The highest BCUT2D eigenvalue weighted by atomic mass is 16.3. The molecule has 2 N–H and O–H groups in total. The van der Waals surface area contributed by atoms with Crippen molar-refractivity contribution in [3.63, 3.8) is 0 Å². The van der Waals surface area contributed by atoms with Crippen LogP contribution in [0.3, 0.4) is 0 Å². The molecule has 0 amide bonds. The molecule has 0 radical (unpaired) electrons. The van der Waals surface area contributed by atoms with E-state index in [1.54, 1.807) is 6.92 Å². The maximum absolute atomic E-state index is 10.7. The molecule has 0 aromatic carbocycles. The van der Waals surface area contributed by atoms with Gasteiger partial charge in [0.05, 0.1) is 12.3 Å². The SMILES string of the molecule is CC(=O)/C=C/c1cnc(C)c(O)c1CO. The Morgan fingerprint density at radius 2 is 2.27 bits per heavy atom. The number of aliphatic hydroxyl groups is 1. The molecule has 1 aromatic rings. The zero-order valence-electron chi connectivity index (χ0n) is 8.69. The lowest BCUT2D eigenvalue weighted by Crippen LogP contribution is -1.95. The van der Waals surface area contributed by atoms with Crippen molar-refractivity contribution in [2.45, 2.75) is 20.5 Å². The number of carbonyl (C=O) groups is 1. The summed E-state index contributed by atoms with van der Waals surface area (Å²) in [6, 6.07) is 0. The molecule has 0 aliphatic rings. The topological polar surface area (TPSA) is 70.4 Å². The Bertz CT molecular complexity index is 411. The minimum atomic E-state index is -0.285. The second-order valence-electron chi connectivity index (χ2n) is 3.23. The zero-order valence-corrected chi connectivity index (χ0v) is 8.69. The van der Waals surface area contributed by atoms with Crippen molar-refractivity contribution in [1.82, 2.24) is 4.98 Å². The second-order valence-corrected chi connectivity index (χ2v) is 3.23. The monoisotopic (exact) mass is 207 g/mol. The van der Waals surface area contributed by atoms with Crippen LogP contribution in [0.15, 0.2) is 12.3 Å². The third kappa shape index (κ3) is 2.63. The summed E-state index contributed by atoms with van der Waals surface area (Å²) in [5.74, 6) is -0.123. The summed E-state index contributed by atoms with van der Waals surface area (Å²) >= 11 is 0. The molecule has 0 saturated heterocycles. The van der Waals surface area contributed by atoms with Gasteiger partial charge in [-0.1, -0.05) is 0 Å². The number of aryl methyl sites for hydroxylation is 1. The Kier molecular flexibility index (Phi) is 3.57. The Balaban J connectivity index is 3.19. The third-order valence-electron chi connectivity index (χ3n) is 2.03. The Labute approximate surface area is 87.9 Å². The number of pyridine rings is 1. The minimum Gasteiger partial charge on any atom is -0.506 e. The smallest absolute Gasteiger partial charge is 0.152 e. The van der Waals surface area contributed by atoms with Gasteiger partial charge >= 0.3 is 0 Å². The average Bonchev–Trinajstić information content (AvgIpc) is 2.19. The Hall–Kier alpha value is -1.68. The molecule has 0 spiro atoms. The maximum atomic E-state index is 10.7. The van der Waals surface area contributed by atoms with Gasteiger partial charge < -0.3 is 10.2 Å². The number of hydrogen-bond donors (Lipinski definition) is 2. The number of nitrogens with zero attached hydrogens (tertiary/aromatic N) is 1. The van der Waals surface area contributed by atoms with Gasteiger partial charge in [-0.15, -0.1) is 0 Å². The summed E-state index contributed by atoms with van der Waals surface area (Å²) < 4.78 is 0. The summed E-state index contributed by atoms with van der Waals surface area (Å²) in [7, 11) is 0. The molecule has 0 fully saturated rings. The van der Waals surface area contributed by atoms with Crippen LogP contribution in [0.4, 0.5) is 0 Å². The van der Waals surface area contributed by atoms with E-state index in [0.29, 0.717) is 16.8 Å². The van der Waals surface area contributed by atoms with Gasteiger partial charge in [0.2, 0.25) is 0 Å². The number of rotatable bonds is 3. The summed E-state index contributed by atoms with van der Waals surface area (Å²) in [4.78, 5) is 14.7. The van der Waals surface area contributed by atoms with Crippen molar-refractivity contribution in [2.24, 2.45) is 0 Å². The fourth-order valence-electron chi connectivity index (χ4n) is 1.18. The molecule has 0 aliphatic heterocycles. The van der Waals surface area contributed by atoms with E-state index in [2.05, 4.69) is 4.98 Å². The van der Waals surface area contributed by atoms with Crippen LogP contribution in [-0.2, 0) is 11.4 Å². The van der Waals surface area contributed by atoms with Crippen LogP contribution in [0.25, 0.3) is 6.08 Å². The van der Waals surface area contributed by atoms with Gasteiger partial charge in [-0.25, -0.2) is 0 Å². The van der Waals surface area contributed by atoms with Gasteiger partial charge in [-0.3, -0.25) is 9.78 Å². The molecule has 1 heterocycles. The van der Waals surface area contributed by atoms with Crippen LogP contribution in [0.5, 0.6) is 5.75 Å². The normalized spacial score (nSPS) is 10.9. The van der Waals surface area contributed by atoms with Crippen LogP contribution in [0.2, 0.25) is 0 Å². The molecule has 4 heteroatoms. The molecule has 1 aromatic heterocycles. The number of allylic oxidation sites excluding steroid dienone is 1. The predicted molar refractivity (Wildman–Crippen MR) is 56.3 cm³/mol. The molecule has 0 saturated carbocycles. The van der Waals surface area contributed by atoms with Crippen molar-refractivity contribution >= 4 is 11.9 Å². The van der Waals surface area contributed by atoms with Crippen LogP contribution >= 0.6 is 0 Å². The van der Waals surface area contributed by atoms with E-state index in [1.165, 1.54) is 25.3 Å². The summed E-state index contributed by atoms with van der Waals surface area (Å²) in [5.41, 5.74) is 1.40. The number of hydrogen-bond acceptors (Lipinski definition) is 4. The van der Waals surface area contributed by atoms with Gasteiger partial charge in [0.15, 0.2) is 5.78 Å². The number of carbonyl (C=O) groups excluding carboxylic acids is 1. The molecular weight excluding hydrogens is 194 g/mol. The van der Waals surface area contributed by atoms with Crippen LogP contribution in [0, 0.1) is 6.92 Å². The Morgan fingerprint density at radius 1 is 1.60 bits per heavy atom. The second kappa shape index (κ2) is 4.70. The lowest BCUT2D eigenvalue weighted by Gasteiger charge is -2.07. The van der Waals surface area contributed by atoms with Crippen LogP contribution in [-0.4, -0.2) is 21.0 Å². The zero-order chi connectivity index (χ0) is 11.4. The summed E-state index contributed by atoms with van der Waals surface area (Å²) in [6.07, 6.45) is 4.41. The Morgan fingerprint density at radius 3 is 2.80 bits per heavy atom. The lowest BCUT2D eigenvalue weighted by molar-refractivity contribution is -0.112. The highest BCUT2D eigenvalue weighted by Crippen LogP contribution is 2.24. The first-order chi connectivity index (χ1) is 7.06. The lowest BCUT2D eigenvalue weighted by atomic mass is 10.1. The van der Waals surface area contributed by atoms with Gasteiger partial charge in [0, 0.05) is 17.3 Å². The quantitative estimate of drug-likeness (QED) is 0.730. The van der Waals surface area contributed by atoms with E-state index >= 15 is 0 Å². The first-order valence-corrected chi connectivity index (χ1v) is 4.53. The fourth-order valence-corrected chi connectivity index (χ4v) is 1.18. The first kappa shape index (κ1) is 11.4. The van der Waals surface area contributed by atoms with E-state index in [9.17, 15) is 9.90 Å². The summed E-state index contributed by atoms with van der Waals surface area (Å²) in [6.45, 7) is 2.79. The van der Waals surface area contributed by atoms with E-state index in [-0.39, 0.29) is 18.1 Å². The third-order valence-corrected chi connectivity index (χ3v) is 2.03.